The topological polar surface area (TPSA) is 116 Å². The zero-order valence-corrected chi connectivity index (χ0v) is 15.9. The number of nitrogens with zero attached hydrogens (tertiary/aromatic N) is 3. The van der Waals surface area contributed by atoms with E-state index in [0.717, 1.165) is 21.5 Å². The summed E-state index contributed by atoms with van der Waals surface area (Å²) in [4.78, 5) is 0. The summed E-state index contributed by atoms with van der Waals surface area (Å²) in [5, 5.41) is 35.7. The Morgan fingerprint density at radius 1 is 0.733 bits per heavy atom. The maximum atomic E-state index is 10.1. The lowest BCUT2D eigenvalue weighted by Gasteiger charge is -2.05. The van der Waals surface area contributed by atoms with Crippen molar-refractivity contribution in [2.75, 3.05) is 0 Å². The second kappa shape index (κ2) is 8.32. The van der Waals surface area contributed by atoms with Gasteiger partial charge in [0.25, 0.3) is 0 Å². The Bertz CT molecular complexity index is 1310. The van der Waals surface area contributed by atoms with Crippen LogP contribution >= 0.6 is 0 Å². The fraction of sp³-hybridized carbons (Fsp3) is 0. The molecule has 0 unspecified atom stereocenters. The number of hydrazone groups is 1. The van der Waals surface area contributed by atoms with Crippen LogP contribution in [0.3, 0.4) is 0 Å². The Morgan fingerprint density at radius 2 is 1.27 bits per heavy atom. The third-order valence-electron chi connectivity index (χ3n) is 4.62. The number of nitrogens with two attached hydrogens (primary N) is 1. The summed E-state index contributed by atoms with van der Waals surface area (Å²) in [5.41, 5.74) is 9.48. The second-order valence-corrected chi connectivity index (χ2v) is 6.54. The maximum absolute atomic E-state index is 10.1. The fourth-order valence-corrected chi connectivity index (χ4v) is 3.17. The molecule has 0 amide bonds. The minimum atomic E-state index is -0.0399. The summed E-state index contributed by atoms with van der Waals surface area (Å²) in [6.07, 6.45) is 2.91. The van der Waals surface area contributed by atoms with Gasteiger partial charge in [0.05, 0.1) is 12.4 Å². The van der Waals surface area contributed by atoms with Gasteiger partial charge in [0.2, 0.25) is 5.96 Å². The van der Waals surface area contributed by atoms with Gasteiger partial charge in [-0.25, -0.2) is 5.43 Å². The molecule has 0 fully saturated rings. The molecule has 0 bridgehead atoms. The first kappa shape index (κ1) is 18.9. The molecule has 0 atom stereocenters. The van der Waals surface area contributed by atoms with Crippen molar-refractivity contribution < 1.29 is 10.2 Å². The predicted molar refractivity (Wildman–Crippen MR) is 121 cm³/mol. The third kappa shape index (κ3) is 3.90. The minimum Gasteiger partial charge on any atom is -0.507 e. The van der Waals surface area contributed by atoms with Crippen LogP contribution in [0.4, 0.5) is 0 Å². The van der Waals surface area contributed by atoms with Crippen molar-refractivity contribution in [3.05, 3.63) is 83.9 Å². The molecule has 4 aromatic rings. The van der Waals surface area contributed by atoms with Gasteiger partial charge in [0.1, 0.15) is 11.5 Å². The van der Waals surface area contributed by atoms with E-state index in [-0.39, 0.29) is 17.5 Å². The molecule has 0 spiro atoms. The molecule has 0 radical (unpaired) electrons. The summed E-state index contributed by atoms with van der Waals surface area (Å²) in [6, 6.07) is 22.2. The molecule has 4 aromatic carbocycles. The van der Waals surface area contributed by atoms with Crippen LogP contribution in [0, 0.1) is 0 Å². The number of phenolic OH excluding ortho intramolecular Hbond substituents is 2. The molecule has 30 heavy (non-hydrogen) atoms. The molecule has 0 aliphatic heterocycles. The number of nitrogens with one attached hydrogen (secondary N) is 1. The van der Waals surface area contributed by atoms with Crippen LogP contribution in [0.5, 0.6) is 11.5 Å². The van der Waals surface area contributed by atoms with Gasteiger partial charge in [-0.05, 0) is 33.7 Å². The van der Waals surface area contributed by atoms with Crippen LogP contribution in [0.2, 0.25) is 0 Å². The van der Waals surface area contributed by atoms with Gasteiger partial charge in [0, 0.05) is 11.1 Å². The lowest BCUT2D eigenvalue weighted by molar-refractivity contribution is 0.475. The van der Waals surface area contributed by atoms with Crippen LogP contribution in [0.25, 0.3) is 21.5 Å². The molecule has 0 aliphatic rings. The third-order valence-corrected chi connectivity index (χ3v) is 4.62. The van der Waals surface area contributed by atoms with E-state index >= 15 is 0 Å². The Hall–Kier alpha value is -4.39. The number of benzene rings is 4. The van der Waals surface area contributed by atoms with E-state index in [0.29, 0.717) is 11.1 Å². The highest BCUT2D eigenvalue weighted by atomic mass is 16.3. The number of aromatic hydroxyl groups is 2. The van der Waals surface area contributed by atoms with E-state index in [1.807, 2.05) is 60.7 Å². The average Bonchev–Trinajstić information content (AvgIpc) is 2.77. The molecule has 5 N–H and O–H groups in total. The highest BCUT2D eigenvalue weighted by Gasteiger charge is 2.05. The van der Waals surface area contributed by atoms with E-state index in [1.165, 1.54) is 12.4 Å². The highest BCUT2D eigenvalue weighted by Crippen LogP contribution is 2.26. The first-order valence-corrected chi connectivity index (χ1v) is 9.20. The van der Waals surface area contributed by atoms with E-state index < -0.39 is 0 Å². The molecule has 0 saturated heterocycles. The number of fused-ring (bicyclic) bond motifs is 2. The van der Waals surface area contributed by atoms with Crippen molar-refractivity contribution in [2.24, 2.45) is 21.0 Å². The highest BCUT2D eigenvalue weighted by molar-refractivity contribution is 6.03. The van der Waals surface area contributed by atoms with Crippen LogP contribution in [0.1, 0.15) is 11.1 Å². The summed E-state index contributed by atoms with van der Waals surface area (Å²) < 4.78 is 0. The standard InChI is InChI=1S/C23H19N5O2/c24-23(27-25-13-19-17-7-3-1-5-15(17)9-11-21(19)29)28-26-14-20-18-8-4-2-6-16(18)10-12-22(20)30/h1-14,29-30H,(H3,24,27,28)/b25-13+,26-14+. The Kier molecular flexibility index (Phi) is 5.25. The zero-order valence-electron chi connectivity index (χ0n) is 15.9. The molecule has 0 heterocycles. The number of rotatable bonds is 4. The normalized spacial score (nSPS) is 12.3. The molecule has 7 heteroatoms. The lowest BCUT2D eigenvalue weighted by Crippen LogP contribution is -2.26. The maximum Gasteiger partial charge on any atom is 0.234 e. The Morgan fingerprint density at radius 3 is 1.87 bits per heavy atom. The van der Waals surface area contributed by atoms with Crippen molar-refractivity contribution in [3.63, 3.8) is 0 Å². The van der Waals surface area contributed by atoms with Crippen molar-refractivity contribution >= 4 is 39.9 Å². The van der Waals surface area contributed by atoms with Gasteiger partial charge in [-0.1, -0.05) is 60.7 Å². The largest absolute Gasteiger partial charge is 0.507 e. The first-order valence-electron chi connectivity index (χ1n) is 9.20. The molecule has 0 saturated carbocycles. The fourth-order valence-electron chi connectivity index (χ4n) is 3.17. The Labute approximate surface area is 172 Å². The smallest absolute Gasteiger partial charge is 0.234 e. The summed E-state index contributed by atoms with van der Waals surface area (Å²) >= 11 is 0. The quantitative estimate of drug-likeness (QED) is 0.239. The lowest BCUT2D eigenvalue weighted by atomic mass is 10.0. The number of phenols is 2. The number of hydrogen-bond donors (Lipinski definition) is 4. The van der Waals surface area contributed by atoms with Crippen LogP contribution in [-0.2, 0) is 0 Å². The predicted octanol–water partition coefficient (Wildman–Crippen LogP) is 3.68. The molecular formula is C23H19N5O2. The molecular weight excluding hydrogens is 378 g/mol. The van der Waals surface area contributed by atoms with Crippen molar-refractivity contribution in [1.82, 2.24) is 5.43 Å². The van der Waals surface area contributed by atoms with Crippen molar-refractivity contribution in [2.45, 2.75) is 0 Å². The summed E-state index contributed by atoms with van der Waals surface area (Å²) in [5.74, 6) is 0.171. The van der Waals surface area contributed by atoms with Gasteiger partial charge in [0.15, 0.2) is 0 Å². The van der Waals surface area contributed by atoms with Gasteiger partial charge in [-0.15, -0.1) is 5.10 Å². The van der Waals surface area contributed by atoms with Crippen molar-refractivity contribution in [3.8, 4) is 11.5 Å². The summed E-state index contributed by atoms with van der Waals surface area (Å²) in [7, 11) is 0. The minimum absolute atomic E-state index is 0.0399. The molecule has 0 aliphatic carbocycles. The van der Waals surface area contributed by atoms with E-state index in [1.54, 1.807) is 12.1 Å². The van der Waals surface area contributed by atoms with Crippen molar-refractivity contribution in [1.29, 1.82) is 0 Å². The molecule has 4 rings (SSSR count). The van der Waals surface area contributed by atoms with E-state index in [4.69, 9.17) is 5.73 Å². The number of hydrogen-bond acceptors (Lipinski definition) is 5. The molecule has 0 aromatic heterocycles. The van der Waals surface area contributed by atoms with Gasteiger partial charge < -0.3 is 15.9 Å². The van der Waals surface area contributed by atoms with E-state index in [9.17, 15) is 10.2 Å². The van der Waals surface area contributed by atoms with Gasteiger partial charge in [-0.2, -0.15) is 10.2 Å². The number of guanidine groups is 1. The van der Waals surface area contributed by atoms with Gasteiger partial charge >= 0.3 is 0 Å². The van der Waals surface area contributed by atoms with Crippen LogP contribution in [-0.4, -0.2) is 28.6 Å². The Balaban J connectivity index is 1.51. The monoisotopic (exact) mass is 397 g/mol. The van der Waals surface area contributed by atoms with E-state index in [2.05, 4.69) is 20.7 Å². The SMILES string of the molecule is N/C(=N/N=C/c1c(O)ccc2ccccc12)N/N=C/c1c(O)ccc2ccccc12. The molecule has 7 nitrogen and oxygen atoms in total. The van der Waals surface area contributed by atoms with Crippen LogP contribution < -0.4 is 11.2 Å². The zero-order chi connectivity index (χ0) is 20.9. The summed E-state index contributed by atoms with van der Waals surface area (Å²) in [6.45, 7) is 0. The molecule has 148 valence electrons. The average molecular weight is 397 g/mol. The first-order chi connectivity index (χ1) is 14.6. The second-order valence-electron chi connectivity index (χ2n) is 6.54. The van der Waals surface area contributed by atoms with Gasteiger partial charge in [-0.3, -0.25) is 0 Å². The van der Waals surface area contributed by atoms with Crippen LogP contribution in [0.15, 0.2) is 88.1 Å².